The lowest BCUT2D eigenvalue weighted by atomic mass is 10.0. The zero-order valence-electron chi connectivity index (χ0n) is 11.7. The van der Waals surface area contributed by atoms with Crippen LogP contribution in [0, 0.1) is 5.82 Å². The van der Waals surface area contributed by atoms with Crippen molar-refractivity contribution in [2.45, 2.75) is 13.0 Å². The smallest absolute Gasteiger partial charge is 0.340 e. The van der Waals surface area contributed by atoms with E-state index >= 15 is 0 Å². The number of carboxylic acid groups (broad SMARTS) is 1. The summed E-state index contributed by atoms with van der Waals surface area (Å²) in [5.74, 6) is -2.03. The summed E-state index contributed by atoms with van der Waals surface area (Å²) in [5, 5.41) is 9.81. The first-order valence-corrected chi connectivity index (χ1v) is 6.79. The highest BCUT2D eigenvalue weighted by molar-refractivity contribution is 6.30. The Morgan fingerprint density at radius 2 is 1.95 bits per heavy atom. The van der Waals surface area contributed by atoms with E-state index in [0.717, 1.165) is 11.6 Å². The molecule has 0 aliphatic carbocycles. The number of rotatable bonds is 4. The number of halogens is 2. The molecule has 1 atom stereocenters. The van der Waals surface area contributed by atoms with E-state index in [-0.39, 0.29) is 11.6 Å². The van der Waals surface area contributed by atoms with Crippen LogP contribution in [0.25, 0.3) is 0 Å². The number of benzene rings is 2. The SMILES string of the molecule is CC(c1cccc(Cl)c1)N(C)c1cccc(F)c1C(=O)O. The van der Waals surface area contributed by atoms with Gasteiger partial charge in [-0.15, -0.1) is 0 Å². The first-order chi connectivity index (χ1) is 9.91. The summed E-state index contributed by atoms with van der Waals surface area (Å²) in [6, 6.07) is 11.4. The molecule has 0 heterocycles. The first kappa shape index (κ1) is 15.3. The van der Waals surface area contributed by atoms with Crippen LogP contribution in [0.1, 0.15) is 28.9 Å². The van der Waals surface area contributed by atoms with Crippen LogP contribution in [-0.4, -0.2) is 18.1 Å². The summed E-state index contributed by atoms with van der Waals surface area (Å²) < 4.78 is 13.8. The quantitative estimate of drug-likeness (QED) is 0.911. The molecule has 0 amide bonds. The highest BCUT2D eigenvalue weighted by Gasteiger charge is 2.21. The summed E-state index contributed by atoms with van der Waals surface area (Å²) in [6.07, 6.45) is 0. The molecule has 1 N–H and O–H groups in total. The average molecular weight is 308 g/mol. The normalized spacial score (nSPS) is 12.0. The molecule has 0 aliphatic heterocycles. The lowest BCUT2D eigenvalue weighted by Gasteiger charge is -2.28. The Bertz CT molecular complexity index is 675. The van der Waals surface area contributed by atoms with Gasteiger partial charge in [0.2, 0.25) is 0 Å². The lowest BCUT2D eigenvalue weighted by Crippen LogP contribution is -2.24. The molecule has 0 aliphatic rings. The highest BCUT2D eigenvalue weighted by atomic mass is 35.5. The maximum atomic E-state index is 13.8. The van der Waals surface area contributed by atoms with Gasteiger partial charge in [0, 0.05) is 12.1 Å². The van der Waals surface area contributed by atoms with Crippen molar-refractivity contribution < 1.29 is 14.3 Å². The number of carbonyl (C=O) groups is 1. The van der Waals surface area contributed by atoms with Gasteiger partial charge < -0.3 is 10.0 Å². The molecule has 0 bridgehead atoms. The van der Waals surface area contributed by atoms with E-state index < -0.39 is 11.8 Å². The number of aromatic carboxylic acids is 1. The minimum Gasteiger partial charge on any atom is -0.478 e. The van der Waals surface area contributed by atoms with Gasteiger partial charge in [0.15, 0.2) is 0 Å². The van der Waals surface area contributed by atoms with Crippen molar-refractivity contribution in [3.63, 3.8) is 0 Å². The largest absolute Gasteiger partial charge is 0.478 e. The van der Waals surface area contributed by atoms with Gasteiger partial charge in [0.25, 0.3) is 0 Å². The summed E-state index contributed by atoms with van der Waals surface area (Å²) in [7, 11) is 1.73. The maximum Gasteiger partial charge on any atom is 0.340 e. The van der Waals surface area contributed by atoms with Gasteiger partial charge in [-0.1, -0.05) is 29.8 Å². The Morgan fingerprint density at radius 1 is 1.29 bits per heavy atom. The van der Waals surface area contributed by atoms with Crippen LogP contribution < -0.4 is 4.90 Å². The molecule has 2 aromatic carbocycles. The van der Waals surface area contributed by atoms with Crippen molar-refractivity contribution in [1.82, 2.24) is 0 Å². The summed E-state index contributed by atoms with van der Waals surface area (Å²) in [4.78, 5) is 13.0. The second kappa shape index (κ2) is 6.14. The molecule has 3 nitrogen and oxygen atoms in total. The molecule has 21 heavy (non-hydrogen) atoms. The molecular weight excluding hydrogens is 293 g/mol. The zero-order chi connectivity index (χ0) is 15.6. The summed E-state index contributed by atoms with van der Waals surface area (Å²) in [5.41, 5.74) is 0.925. The topological polar surface area (TPSA) is 40.5 Å². The fourth-order valence-corrected chi connectivity index (χ4v) is 2.42. The second-order valence-electron chi connectivity index (χ2n) is 4.78. The third-order valence-electron chi connectivity index (χ3n) is 3.50. The van der Waals surface area contributed by atoms with Crippen molar-refractivity contribution >= 4 is 23.3 Å². The van der Waals surface area contributed by atoms with Crippen LogP contribution in [0.15, 0.2) is 42.5 Å². The summed E-state index contributed by atoms with van der Waals surface area (Å²) >= 11 is 5.97. The number of hydrogen-bond acceptors (Lipinski definition) is 2. The third-order valence-corrected chi connectivity index (χ3v) is 3.73. The minimum absolute atomic E-state index is 0.149. The predicted octanol–water partition coefficient (Wildman–Crippen LogP) is 4.37. The Hall–Kier alpha value is -2.07. The van der Waals surface area contributed by atoms with Crippen LogP contribution in [0.4, 0.5) is 10.1 Å². The molecular formula is C16H15ClFNO2. The van der Waals surface area contributed by atoms with Crippen molar-refractivity contribution in [3.05, 3.63) is 64.4 Å². The zero-order valence-corrected chi connectivity index (χ0v) is 12.4. The van der Waals surface area contributed by atoms with Gasteiger partial charge in [-0.25, -0.2) is 9.18 Å². The summed E-state index contributed by atoms with van der Waals surface area (Å²) in [6.45, 7) is 1.90. The third kappa shape index (κ3) is 3.16. The van der Waals surface area contributed by atoms with Crippen molar-refractivity contribution in [3.8, 4) is 0 Å². The second-order valence-corrected chi connectivity index (χ2v) is 5.22. The average Bonchev–Trinajstić information content (AvgIpc) is 2.45. The monoisotopic (exact) mass is 307 g/mol. The van der Waals surface area contributed by atoms with E-state index in [1.165, 1.54) is 6.07 Å². The van der Waals surface area contributed by atoms with Crippen LogP contribution in [0.3, 0.4) is 0 Å². The van der Waals surface area contributed by atoms with Crippen molar-refractivity contribution in [1.29, 1.82) is 0 Å². The molecule has 0 saturated carbocycles. The molecule has 2 rings (SSSR count). The van der Waals surface area contributed by atoms with Crippen LogP contribution in [-0.2, 0) is 0 Å². The van der Waals surface area contributed by atoms with Gasteiger partial charge in [0.1, 0.15) is 11.4 Å². The van der Waals surface area contributed by atoms with Crippen molar-refractivity contribution in [2.24, 2.45) is 0 Å². The number of nitrogens with zero attached hydrogens (tertiary/aromatic N) is 1. The van der Waals surface area contributed by atoms with E-state index in [9.17, 15) is 14.3 Å². The molecule has 0 radical (unpaired) electrons. The van der Waals surface area contributed by atoms with E-state index in [1.54, 1.807) is 24.1 Å². The van der Waals surface area contributed by atoms with Crippen LogP contribution in [0.2, 0.25) is 5.02 Å². The van der Waals surface area contributed by atoms with E-state index in [4.69, 9.17) is 11.6 Å². The van der Waals surface area contributed by atoms with Crippen LogP contribution in [0.5, 0.6) is 0 Å². The Labute approximate surface area is 127 Å². The van der Waals surface area contributed by atoms with Crippen molar-refractivity contribution in [2.75, 3.05) is 11.9 Å². The minimum atomic E-state index is -1.28. The molecule has 0 fully saturated rings. The van der Waals surface area contributed by atoms with E-state index in [2.05, 4.69) is 0 Å². The van der Waals surface area contributed by atoms with Gasteiger partial charge in [-0.2, -0.15) is 0 Å². The Balaban J connectivity index is 2.43. The first-order valence-electron chi connectivity index (χ1n) is 6.42. The number of carboxylic acids is 1. The standard InChI is InChI=1S/C16H15ClFNO2/c1-10(11-5-3-6-12(17)9-11)19(2)14-8-4-7-13(18)15(14)16(20)21/h3-10H,1-2H3,(H,20,21). The number of anilines is 1. The van der Waals surface area contributed by atoms with Crippen LogP contribution >= 0.6 is 11.6 Å². The van der Waals surface area contributed by atoms with E-state index in [0.29, 0.717) is 10.7 Å². The molecule has 2 aromatic rings. The van der Waals surface area contributed by atoms with Gasteiger partial charge in [-0.05, 0) is 36.8 Å². The predicted molar refractivity (Wildman–Crippen MR) is 81.6 cm³/mol. The van der Waals surface area contributed by atoms with E-state index in [1.807, 2.05) is 25.1 Å². The van der Waals surface area contributed by atoms with Gasteiger partial charge in [-0.3, -0.25) is 0 Å². The Kier molecular flexibility index (Phi) is 4.48. The molecule has 0 aromatic heterocycles. The van der Waals surface area contributed by atoms with Gasteiger partial charge in [0.05, 0.1) is 11.7 Å². The fourth-order valence-electron chi connectivity index (χ4n) is 2.22. The molecule has 0 saturated heterocycles. The highest BCUT2D eigenvalue weighted by Crippen LogP contribution is 2.30. The molecule has 0 spiro atoms. The number of hydrogen-bond donors (Lipinski definition) is 1. The molecule has 5 heteroatoms. The fraction of sp³-hybridized carbons (Fsp3) is 0.188. The molecule has 1 unspecified atom stereocenters. The lowest BCUT2D eigenvalue weighted by molar-refractivity contribution is 0.0692. The Morgan fingerprint density at radius 3 is 2.57 bits per heavy atom. The molecule has 110 valence electrons. The van der Waals surface area contributed by atoms with Gasteiger partial charge >= 0.3 is 5.97 Å². The maximum absolute atomic E-state index is 13.8.